The van der Waals surface area contributed by atoms with Crippen LogP contribution in [-0.2, 0) is 17.9 Å². The summed E-state index contributed by atoms with van der Waals surface area (Å²) in [6.07, 6.45) is 4.46. The van der Waals surface area contributed by atoms with Gasteiger partial charge in [-0.15, -0.1) is 0 Å². The molecule has 0 N–H and O–H groups in total. The monoisotopic (exact) mass is 321 g/mol. The molecule has 1 heterocycles. The van der Waals surface area contributed by atoms with Gasteiger partial charge in [0.15, 0.2) is 0 Å². The van der Waals surface area contributed by atoms with E-state index in [1.165, 1.54) is 36.9 Å². The van der Waals surface area contributed by atoms with E-state index in [4.69, 9.17) is 4.74 Å². The molecule has 2 fully saturated rings. The first-order valence-corrected chi connectivity index (χ1v) is 9.28. The SMILES string of the molecule is c1ccc(CO[C@@H]2C[C@H](C3CC3)CN(Cc3ccccc3)C2)cc1. The quantitative estimate of drug-likeness (QED) is 0.776. The molecule has 4 rings (SSSR count). The molecule has 2 aromatic carbocycles. The zero-order chi connectivity index (χ0) is 16.2. The van der Waals surface area contributed by atoms with Crippen LogP contribution in [0.25, 0.3) is 0 Å². The van der Waals surface area contributed by atoms with Gasteiger partial charge in [-0.3, -0.25) is 4.90 Å². The van der Waals surface area contributed by atoms with Gasteiger partial charge in [0.2, 0.25) is 0 Å². The lowest BCUT2D eigenvalue weighted by molar-refractivity contribution is -0.0342. The van der Waals surface area contributed by atoms with Crippen molar-refractivity contribution in [2.75, 3.05) is 13.1 Å². The van der Waals surface area contributed by atoms with E-state index in [2.05, 4.69) is 65.6 Å². The molecule has 0 aromatic heterocycles. The summed E-state index contributed by atoms with van der Waals surface area (Å²) < 4.78 is 6.30. The number of likely N-dealkylation sites (tertiary alicyclic amines) is 1. The second-order valence-electron chi connectivity index (χ2n) is 7.43. The Hall–Kier alpha value is -1.64. The van der Waals surface area contributed by atoms with Crippen LogP contribution in [0.1, 0.15) is 30.4 Å². The summed E-state index contributed by atoms with van der Waals surface area (Å²) in [5.74, 6) is 1.77. The molecule has 0 radical (unpaired) electrons. The number of hydrogen-bond donors (Lipinski definition) is 0. The van der Waals surface area contributed by atoms with Crippen LogP contribution in [0.15, 0.2) is 60.7 Å². The van der Waals surface area contributed by atoms with Crippen molar-refractivity contribution >= 4 is 0 Å². The first kappa shape index (κ1) is 15.9. The fourth-order valence-electron chi connectivity index (χ4n) is 3.97. The van der Waals surface area contributed by atoms with Gasteiger partial charge < -0.3 is 4.74 Å². The number of rotatable bonds is 6. The predicted octanol–water partition coefficient (Wildman–Crippen LogP) is 4.50. The average molecular weight is 321 g/mol. The third-order valence-electron chi connectivity index (χ3n) is 5.39. The van der Waals surface area contributed by atoms with Crippen molar-refractivity contribution < 1.29 is 4.74 Å². The topological polar surface area (TPSA) is 12.5 Å². The highest BCUT2D eigenvalue weighted by Crippen LogP contribution is 2.41. The minimum atomic E-state index is 0.369. The summed E-state index contributed by atoms with van der Waals surface area (Å²) in [6, 6.07) is 21.4. The van der Waals surface area contributed by atoms with Crippen LogP contribution >= 0.6 is 0 Å². The second kappa shape index (κ2) is 7.50. The van der Waals surface area contributed by atoms with Gasteiger partial charge in [-0.1, -0.05) is 60.7 Å². The van der Waals surface area contributed by atoms with Gasteiger partial charge in [-0.05, 0) is 42.2 Å². The van der Waals surface area contributed by atoms with Crippen LogP contribution in [0.4, 0.5) is 0 Å². The molecular formula is C22H27NO. The van der Waals surface area contributed by atoms with Crippen molar-refractivity contribution in [3.8, 4) is 0 Å². The summed E-state index contributed by atoms with van der Waals surface area (Å²) in [5, 5.41) is 0. The largest absolute Gasteiger partial charge is 0.372 e. The van der Waals surface area contributed by atoms with Gasteiger partial charge >= 0.3 is 0 Å². The van der Waals surface area contributed by atoms with Crippen LogP contribution in [0.5, 0.6) is 0 Å². The first-order chi connectivity index (χ1) is 11.9. The lowest BCUT2D eigenvalue weighted by Crippen LogP contribution is -2.44. The summed E-state index contributed by atoms with van der Waals surface area (Å²) in [4.78, 5) is 2.61. The fraction of sp³-hybridized carbons (Fsp3) is 0.455. The summed E-state index contributed by atoms with van der Waals surface area (Å²) in [6.45, 7) is 4.09. The highest BCUT2D eigenvalue weighted by atomic mass is 16.5. The Balaban J connectivity index is 1.38. The zero-order valence-electron chi connectivity index (χ0n) is 14.3. The van der Waals surface area contributed by atoms with Gasteiger partial charge in [0.05, 0.1) is 12.7 Å². The van der Waals surface area contributed by atoms with Gasteiger partial charge in [0.1, 0.15) is 0 Å². The van der Waals surface area contributed by atoms with Gasteiger partial charge in [-0.2, -0.15) is 0 Å². The number of benzene rings is 2. The Labute approximate surface area is 145 Å². The normalized spacial score (nSPS) is 24.8. The van der Waals surface area contributed by atoms with Crippen LogP contribution in [0.2, 0.25) is 0 Å². The zero-order valence-corrected chi connectivity index (χ0v) is 14.3. The minimum Gasteiger partial charge on any atom is -0.372 e. The molecule has 0 spiro atoms. The molecule has 2 heteroatoms. The molecule has 1 saturated carbocycles. The maximum absolute atomic E-state index is 6.30. The number of piperidine rings is 1. The molecule has 24 heavy (non-hydrogen) atoms. The van der Waals surface area contributed by atoms with E-state index in [0.717, 1.165) is 31.5 Å². The Morgan fingerprint density at radius 2 is 1.46 bits per heavy atom. The number of hydrogen-bond acceptors (Lipinski definition) is 2. The van der Waals surface area contributed by atoms with Crippen LogP contribution in [-0.4, -0.2) is 24.1 Å². The van der Waals surface area contributed by atoms with Crippen molar-refractivity contribution in [1.82, 2.24) is 4.90 Å². The van der Waals surface area contributed by atoms with Crippen molar-refractivity contribution in [3.63, 3.8) is 0 Å². The molecule has 0 amide bonds. The van der Waals surface area contributed by atoms with Crippen LogP contribution in [0, 0.1) is 11.8 Å². The Morgan fingerprint density at radius 1 is 0.792 bits per heavy atom. The van der Waals surface area contributed by atoms with E-state index < -0.39 is 0 Å². The molecule has 1 aliphatic heterocycles. The van der Waals surface area contributed by atoms with Gasteiger partial charge in [0, 0.05) is 19.6 Å². The maximum atomic E-state index is 6.30. The van der Waals surface area contributed by atoms with Crippen molar-refractivity contribution in [3.05, 3.63) is 71.8 Å². The Bertz CT molecular complexity index is 623. The van der Waals surface area contributed by atoms with Gasteiger partial charge in [-0.25, -0.2) is 0 Å². The van der Waals surface area contributed by atoms with E-state index >= 15 is 0 Å². The molecule has 2 aliphatic rings. The highest BCUT2D eigenvalue weighted by Gasteiger charge is 2.37. The van der Waals surface area contributed by atoms with Crippen molar-refractivity contribution in [2.45, 2.75) is 38.5 Å². The average Bonchev–Trinajstić information content (AvgIpc) is 3.47. The second-order valence-corrected chi connectivity index (χ2v) is 7.43. The molecule has 2 nitrogen and oxygen atoms in total. The fourth-order valence-corrected chi connectivity index (χ4v) is 3.97. The molecular weight excluding hydrogens is 294 g/mol. The Kier molecular flexibility index (Phi) is 4.96. The van der Waals surface area contributed by atoms with E-state index in [9.17, 15) is 0 Å². The summed E-state index contributed by atoms with van der Waals surface area (Å²) in [7, 11) is 0. The van der Waals surface area contributed by atoms with Gasteiger partial charge in [0.25, 0.3) is 0 Å². The molecule has 0 unspecified atom stereocenters. The molecule has 2 aromatic rings. The van der Waals surface area contributed by atoms with Crippen molar-refractivity contribution in [1.29, 1.82) is 0 Å². The number of ether oxygens (including phenoxy) is 1. The molecule has 1 aliphatic carbocycles. The lowest BCUT2D eigenvalue weighted by Gasteiger charge is -2.38. The van der Waals surface area contributed by atoms with E-state index in [0.29, 0.717) is 6.10 Å². The summed E-state index contributed by atoms with van der Waals surface area (Å²) >= 11 is 0. The van der Waals surface area contributed by atoms with E-state index in [-0.39, 0.29) is 0 Å². The lowest BCUT2D eigenvalue weighted by atomic mass is 9.91. The van der Waals surface area contributed by atoms with Crippen LogP contribution < -0.4 is 0 Å². The summed E-state index contributed by atoms with van der Waals surface area (Å²) in [5.41, 5.74) is 2.69. The molecule has 2 atom stereocenters. The van der Waals surface area contributed by atoms with E-state index in [1.807, 2.05) is 0 Å². The van der Waals surface area contributed by atoms with Crippen LogP contribution in [0.3, 0.4) is 0 Å². The molecule has 1 saturated heterocycles. The third-order valence-corrected chi connectivity index (χ3v) is 5.39. The molecule has 0 bridgehead atoms. The smallest absolute Gasteiger partial charge is 0.0721 e. The maximum Gasteiger partial charge on any atom is 0.0721 e. The van der Waals surface area contributed by atoms with Crippen molar-refractivity contribution in [2.24, 2.45) is 11.8 Å². The number of nitrogens with zero attached hydrogens (tertiary/aromatic N) is 1. The minimum absolute atomic E-state index is 0.369. The van der Waals surface area contributed by atoms with E-state index in [1.54, 1.807) is 0 Å². The third kappa shape index (κ3) is 4.25. The standard InChI is InChI=1S/C22H27NO/c1-3-7-18(8-4-1)14-23-15-21(20-11-12-20)13-22(16-23)24-17-19-9-5-2-6-10-19/h1-10,20-22H,11-17H2/t21-,22+/m0/s1. The molecule has 126 valence electrons. The first-order valence-electron chi connectivity index (χ1n) is 9.28. The predicted molar refractivity (Wildman–Crippen MR) is 97.6 cm³/mol. The Morgan fingerprint density at radius 3 is 2.12 bits per heavy atom. The highest BCUT2D eigenvalue weighted by molar-refractivity contribution is 5.15.